The lowest BCUT2D eigenvalue weighted by atomic mass is 9.89. The van der Waals surface area contributed by atoms with Crippen molar-refractivity contribution in [2.45, 2.75) is 43.2 Å². The molecular weight excluding hydrogens is 539 g/mol. The maximum Gasteiger partial charge on any atom is 0.472 e. The third-order valence-electron chi connectivity index (χ3n) is 7.00. The van der Waals surface area contributed by atoms with E-state index in [1.165, 1.54) is 12.1 Å². The van der Waals surface area contributed by atoms with Gasteiger partial charge in [-0.05, 0) is 55.2 Å². The molecule has 1 heterocycles. The Bertz CT molecular complexity index is 1290. The molecule has 1 amide bonds. The molecule has 10 nitrogen and oxygen atoms in total. The molecule has 0 radical (unpaired) electrons. The fourth-order valence-electron chi connectivity index (χ4n) is 4.93. The Hall–Kier alpha value is -3.39. The topological polar surface area (TPSA) is 125 Å². The summed E-state index contributed by atoms with van der Waals surface area (Å²) in [7, 11) is -5.17. The molecule has 1 aliphatic carbocycles. The molecule has 0 atom stereocenters. The Kier molecular flexibility index (Phi) is 8.64. The minimum absolute atomic E-state index is 0.0543. The smallest absolute Gasteiger partial charge is 0.379 e. The zero-order valence-corrected chi connectivity index (χ0v) is 21.9. The molecule has 0 bridgehead atoms. The largest absolute Gasteiger partial charge is 0.472 e. The average molecular weight is 570 g/mol. The number of amides is 1. The molecular formula is C25H30F3N5O5S. The molecule has 0 aromatic heterocycles. The van der Waals surface area contributed by atoms with E-state index in [0.29, 0.717) is 50.4 Å². The van der Waals surface area contributed by atoms with Gasteiger partial charge in [0.2, 0.25) is 0 Å². The summed E-state index contributed by atoms with van der Waals surface area (Å²) < 4.78 is 67.2. The van der Waals surface area contributed by atoms with Gasteiger partial charge in [0.15, 0.2) is 0 Å². The highest BCUT2D eigenvalue weighted by atomic mass is 32.2. The van der Waals surface area contributed by atoms with Crippen molar-refractivity contribution < 1.29 is 31.3 Å². The van der Waals surface area contributed by atoms with Gasteiger partial charge in [-0.25, -0.2) is 8.42 Å². The molecule has 2 aromatic carbocycles. The van der Waals surface area contributed by atoms with E-state index in [0.717, 1.165) is 56.4 Å². The second kappa shape index (κ2) is 11.8. The number of halogens is 3. The van der Waals surface area contributed by atoms with E-state index in [4.69, 9.17) is 0 Å². The first-order chi connectivity index (χ1) is 18.5. The Labute approximate surface area is 224 Å². The maximum atomic E-state index is 13.6. The Morgan fingerprint density at radius 1 is 1.08 bits per heavy atom. The Morgan fingerprint density at radius 3 is 2.31 bits per heavy atom. The van der Waals surface area contributed by atoms with Gasteiger partial charge in [-0.15, -0.1) is 0 Å². The number of nitro benzene ring substituents is 1. The number of alkyl halides is 3. The number of sulfonamides is 1. The first-order valence-electron chi connectivity index (χ1n) is 12.7. The highest BCUT2D eigenvalue weighted by molar-refractivity contribution is 7.93. The van der Waals surface area contributed by atoms with Crippen LogP contribution in [0.1, 0.15) is 32.1 Å². The second-order valence-electron chi connectivity index (χ2n) is 9.65. The molecule has 0 spiro atoms. The molecule has 2 N–H and O–H groups in total. The van der Waals surface area contributed by atoms with E-state index in [1.807, 2.05) is 4.90 Å². The molecule has 39 heavy (non-hydrogen) atoms. The summed E-state index contributed by atoms with van der Waals surface area (Å²) in [5, 5.41) is 17.9. The number of nitrogens with one attached hydrogen (secondary N) is 2. The number of nitro groups is 1. The number of hydrogen-bond donors (Lipinski definition) is 2. The summed E-state index contributed by atoms with van der Waals surface area (Å²) in [5.41, 5.74) is -0.432. The van der Waals surface area contributed by atoms with Crippen LogP contribution in [0.3, 0.4) is 0 Å². The molecule has 4 rings (SSSR count). The van der Waals surface area contributed by atoms with Crippen molar-refractivity contribution in [1.29, 1.82) is 0 Å². The van der Waals surface area contributed by atoms with Crippen LogP contribution in [-0.4, -0.2) is 58.1 Å². The number of carbonyl (C=O) groups is 1. The first kappa shape index (κ1) is 28.6. The highest BCUT2D eigenvalue weighted by Crippen LogP contribution is 2.35. The van der Waals surface area contributed by atoms with Gasteiger partial charge in [-0.1, -0.05) is 19.3 Å². The first-order valence-corrected chi connectivity index (χ1v) is 14.2. The number of piperazine rings is 1. The van der Waals surface area contributed by atoms with Gasteiger partial charge in [-0.3, -0.25) is 14.9 Å². The molecule has 1 saturated heterocycles. The van der Waals surface area contributed by atoms with Crippen molar-refractivity contribution in [2.75, 3.05) is 47.2 Å². The fraction of sp³-hybridized carbons (Fsp3) is 0.480. The van der Waals surface area contributed by atoms with Crippen LogP contribution >= 0.6 is 0 Å². The lowest BCUT2D eigenvalue weighted by molar-refractivity contribution is -0.384. The molecule has 212 valence electrons. The van der Waals surface area contributed by atoms with Crippen molar-refractivity contribution in [3.8, 4) is 0 Å². The van der Waals surface area contributed by atoms with Crippen molar-refractivity contribution in [3.05, 3.63) is 52.6 Å². The predicted molar refractivity (Wildman–Crippen MR) is 140 cm³/mol. The van der Waals surface area contributed by atoms with Crippen LogP contribution in [0.2, 0.25) is 0 Å². The molecule has 0 unspecified atom stereocenters. The standard InChI is InChI=1S/C25H30F3N5O5S/c26-25(27,28)24(34)32(20-8-6-19(7-9-20)31-14-12-29-13-15-31)39(37,38)21-10-11-22(23(16-21)33(35)36)30-17-18-4-2-1-3-5-18/h6-11,16,18,29-30H,1-5,12-15,17H2. The van der Waals surface area contributed by atoms with E-state index in [1.54, 1.807) is 0 Å². The van der Waals surface area contributed by atoms with Crippen molar-refractivity contribution in [1.82, 2.24) is 5.32 Å². The Balaban J connectivity index is 1.66. The molecule has 1 saturated carbocycles. The van der Waals surface area contributed by atoms with E-state index in [9.17, 15) is 36.5 Å². The van der Waals surface area contributed by atoms with Gasteiger partial charge < -0.3 is 15.5 Å². The van der Waals surface area contributed by atoms with E-state index < -0.39 is 43.3 Å². The van der Waals surface area contributed by atoms with Gasteiger partial charge in [0.25, 0.3) is 15.7 Å². The molecule has 2 aliphatic rings. The van der Waals surface area contributed by atoms with Crippen molar-refractivity contribution in [3.63, 3.8) is 0 Å². The number of nitrogens with zero attached hydrogens (tertiary/aromatic N) is 3. The number of benzene rings is 2. The lowest BCUT2D eigenvalue weighted by Crippen LogP contribution is -2.45. The van der Waals surface area contributed by atoms with Crippen LogP contribution in [0, 0.1) is 16.0 Å². The van der Waals surface area contributed by atoms with E-state index in [-0.39, 0.29) is 9.99 Å². The summed E-state index contributed by atoms with van der Waals surface area (Å²) in [6.45, 7) is 3.16. The summed E-state index contributed by atoms with van der Waals surface area (Å²) in [4.78, 5) is 24.5. The molecule has 2 aromatic rings. The molecule has 2 fully saturated rings. The molecule has 1 aliphatic heterocycles. The lowest BCUT2D eigenvalue weighted by Gasteiger charge is -2.30. The zero-order chi connectivity index (χ0) is 28.2. The Morgan fingerprint density at radius 2 is 1.72 bits per heavy atom. The number of carbonyl (C=O) groups excluding carboxylic acids is 1. The summed E-state index contributed by atoms with van der Waals surface area (Å²) in [6.07, 6.45) is -0.327. The fourth-order valence-corrected chi connectivity index (χ4v) is 6.36. The SMILES string of the molecule is O=C(N(c1ccc(N2CCNCC2)cc1)S(=O)(=O)c1ccc(NCC2CCCCC2)c([N+](=O)[O-])c1)C(F)(F)F. The van der Waals surface area contributed by atoms with Gasteiger partial charge in [-0.2, -0.15) is 17.5 Å². The van der Waals surface area contributed by atoms with Gasteiger partial charge in [0.05, 0.1) is 15.5 Å². The monoisotopic (exact) mass is 569 g/mol. The summed E-state index contributed by atoms with van der Waals surface area (Å²) in [6, 6.07) is 7.92. The molecule has 14 heteroatoms. The van der Waals surface area contributed by atoms with Crippen LogP contribution in [-0.2, 0) is 14.8 Å². The quantitative estimate of drug-likeness (QED) is 0.357. The minimum atomic E-state index is -5.52. The van der Waals surface area contributed by atoms with Crippen LogP contribution in [0.25, 0.3) is 0 Å². The third-order valence-corrected chi connectivity index (χ3v) is 8.71. The summed E-state index contributed by atoms with van der Waals surface area (Å²) >= 11 is 0. The highest BCUT2D eigenvalue weighted by Gasteiger charge is 2.48. The maximum absolute atomic E-state index is 13.6. The normalized spacial score (nSPS) is 17.1. The van der Waals surface area contributed by atoms with Gasteiger partial charge in [0, 0.05) is 44.5 Å². The van der Waals surface area contributed by atoms with Crippen LogP contribution < -0.4 is 19.8 Å². The minimum Gasteiger partial charge on any atom is -0.379 e. The van der Waals surface area contributed by atoms with E-state index >= 15 is 0 Å². The van der Waals surface area contributed by atoms with Crippen LogP contribution in [0.5, 0.6) is 0 Å². The number of hydrogen-bond acceptors (Lipinski definition) is 8. The third kappa shape index (κ3) is 6.61. The van der Waals surface area contributed by atoms with Crippen molar-refractivity contribution in [2.24, 2.45) is 5.92 Å². The second-order valence-corrected chi connectivity index (χ2v) is 11.4. The van der Waals surface area contributed by atoms with Crippen LogP contribution in [0.15, 0.2) is 47.4 Å². The number of anilines is 3. The average Bonchev–Trinajstić information content (AvgIpc) is 2.92. The summed E-state index contributed by atoms with van der Waals surface area (Å²) in [5.74, 6) is -2.31. The predicted octanol–water partition coefficient (Wildman–Crippen LogP) is 4.28. The van der Waals surface area contributed by atoms with E-state index in [2.05, 4.69) is 10.6 Å². The van der Waals surface area contributed by atoms with Crippen LogP contribution in [0.4, 0.5) is 35.9 Å². The van der Waals surface area contributed by atoms with Gasteiger partial charge >= 0.3 is 12.1 Å². The zero-order valence-electron chi connectivity index (χ0n) is 21.1. The van der Waals surface area contributed by atoms with Crippen molar-refractivity contribution >= 4 is 38.7 Å². The van der Waals surface area contributed by atoms with Gasteiger partial charge in [0.1, 0.15) is 5.69 Å². The number of rotatable bonds is 8.